The fourth-order valence-electron chi connectivity index (χ4n) is 4.51. The lowest BCUT2D eigenvalue weighted by Gasteiger charge is -2.33. The third kappa shape index (κ3) is 6.07. The Kier molecular flexibility index (Phi) is 8.71. The quantitative estimate of drug-likeness (QED) is 0.359. The Morgan fingerprint density at radius 1 is 1.05 bits per heavy atom. The highest BCUT2D eigenvalue weighted by Crippen LogP contribution is 2.34. The minimum absolute atomic E-state index is 0.0970. The Morgan fingerprint density at radius 2 is 1.76 bits per heavy atom. The molecule has 0 atom stereocenters. The molecule has 0 bridgehead atoms. The molecular formula is C24H32N4O5S4. The van der Waals surface area contributed by atoms with Crippen LogP contribution in [0.5, 0.6) is 0 Å². The van der Waals surface area contributed by atoms with E-state index in [0.29, 0.717) is 45.5 Å². The van der Waals surface area contributed by atoms with E-state index in [4.69, 9.17) is 0 Å². The van der Waals surface area contributed by atoms with Crippen molar-refractivity contribution in [1.82, 2.24) is 14.2 Å². The lowest BCUT2D eigenvalue weighted by Crippen LogP contribution is -2.46. The van der Waals surface area contributed by atoms with E-state index in [1.165, 1.54) is 33.0 Å². The van der Waals surface area contributed by atoms with Crippen LogP contribution in [0.1, 0.15) is 26.7 Å². The summed E-state index contributed by atoms with van der Waals surface area (Å²) in [6.07, 6.45) is 2.00. The molecule has 37 heavy (non-hydrogen) atoms. The van der Waals surface area contributed by atoms with Crippen LogP contribution in [0, 0.1) is 5.92 Å². The first-order valence-electron chi connectivity index (χ1n) is 12.2. The Morgan fingerprint density at radius 3 is 2.35 bits per heavy atom. The first-order chi connectivity index (χ1) is 17.6. The maximum Gasteiger partial charge on any atom is 0.252 e. The second kappa shape index (κ2) is 11.5. The van der Waals surface area contributed by atoms with Crippen molar-refractivity contribution in [3.05, 3.63) is 35.7 Å². The number of sulfone groups is 1. The summed E-state index contributed by atoms with van der Waals surface area (Å²) < 4.78 is 52.9. The Hall–Kier alpha value is -1.90. The molecule has 0 aliphatic carbocycles. The van der Waals surface area contributed by atoms with E-state index in [9.17, 15) is 21.6 Å². The number of thiazole rings is 1. The molecule has 1 aliphatic heterocycles. The Balaban J connectivity index is 1.59. The summed E-state index contributed by atoms with van der Waals surface area (Å²) >= 11 is 2.50. The van der Waals surface area contributed by atoms with Crippen molar-refractivity contribution in [2.75, 3.05) is 50.4 Å². The third-order valence-corrected chi connectivity index (χ3v) is 12.1. The molecule has 4 rings (SSSR count). The van der Waals surface area contributed by atoms with Gasteiger partial charge in [0, 0.05) is 38.4 Å². The van der Waals surface area contributed by atoms with Gasteiger partial charge in [-0.25, -0.2) is 21.8 Å². The zero-order chi connectivity index (χ0) is 26.8. The molecule has 1 fully saturated rings. The summed E-state index contributed by atoms with van der Waals surface area (Å²) in [7, 11) is -7.04. The van der Waals surface area contributed by atoms with Crippen LogP contribution in [0.15, 0.2) is 44.8 Å². The minimum atomic E-state index is -3.55. The maximum atomic E-state index is 13.8. The van der Waals surface area contributed by atoms with Crippen molar-refractivity contribution in [2.24, 2.45) is 5.92 Å². The van der Waals surface area contributed by atoms with Crippen LogP contribution in [0.3, 0.4) is 0 Å². The molecule has 3 aromatic rings. The molecule has 1 saturated heterocycles. The molecule has 1 aliphatic rings. The number of sulfonamides is 1. The number of rotatable bonds is 10. The topological polar surface area (TPSA) is 108 Å². The van der Waals surface area contributed by atoms with E-state index >= 15 is 0 Å². The predicted octanol–water partition coefficient (Wildman–Crippen LogP) is 3.54. The SMILES string of the molecule is CCN(CC)CCN(C(=O)C1CCN(S(=O)(=O)c2cccs2)CC1)c1nc2c(S(C)(=O)=O)cccc2s1. The van der Waals surface area contributed by atoms with Gasteiger partial charge in [0.05, 0.1) is 9.60 Å². The normalized spacial score (nSPS) is 16.0. The van der Waals surface area contributed by atoms with Crippen LogP contribution in [-0.2, 0) is 24.7 Å². The number of amides is 1. The van der Waals surface area contributed by atoms with E-state index in [0.717, 1.165) is 19.3 Å². The zero-order valence-electron chi connectivity index (χ0n) is 21.2. The molecule has 3 heterocycles. The number of carbonyl (C=O) groups excluding carboxylic acids is 1. The number of likely N-dealkylation sites (N-methyl/N-ethyl adjacent to an activating group) is 1. The highest BCUT2D eigenvalue weighted by atomic mass is 32.2. The maximum absolute atomic E-state index is 13.8. The summed E-state index contributed by atoms with van der Waals surface area (Å²) in [6.45, 7) is 7.44. The van der Waals surface area contributed by atoms with Crippen molar-refractivity contribution in [3.8, 4) is 0 Å². The van der Waals surface area contributed by atoms with Crippen molar-refractivity contribution >= 4 is 63.8 Å². The number of anilines is 1. The number of hydrogen-bond donors (Lipinski definition) is 0. The molecule has 13 heteroatoms. The third-order valence-electron chi connectivity index (χ3n) is 6.69. The molecule has 2 aromatic heterocycles. The second-order valence-corrected chi connectivity index (χ2v) is 15.1. The van der Waals surface area contributed by atoms with Gasteiger partial charge in [0.2, 0.25) is 5.91 Å². The van der Waals surface area contributed by atoms with Gasteiger partial charge in [0.1, 0.15) is 9.73 Å². The van der Waals surface area contributed by atoms with Gasteiger partial charge in [-0.1, -0.05) is 37.3 Å². The molecule has 202 valence electrons. The standard InChI is InChI=1S/C24H32N4O5S4/c1-4-26(5-2)15-16-28(24-25-22-19(35-24)8-6-9-20(22)36(3,30)31)23(29)18-11-13-27(14-12-18)37(32,33)21-10-7-17-34-21/h6-10,17-18H,4-5,11-16H2,1-3H3. The van der Waals surface area contributed by atoms with Gasteiger partial charge in [0.15, 0.2) is 15.0 Å². The number of carbonyl (C=O) groups is 1. The molecule has 0 saturated carbocycles. The number of hydrogen-bond acceptors (Lipinski definition) is 9. The van der Waals surface area contributed by atoms with Crippen molar-refractivity contribution in [2.45, 2.75) is 35.8 Å². The molecule has 0 unspecified atom stereocenters. The van der Waals surface area contributed by atoms with Crippen LogP contribution < -0.4 is 4.90 Å². The average Bonchev–Trinajstić information content (AvgIpc) is 3.56. The average molecular weight is 585 g/mol. The lowest BCUT2D eigenvalue weighted by molar-refractivity contribution is -0.123. The zero-order valence-corrected chi connectivity index (χ0v) is 24.4. The Bertz CT molecular complexity index is 1440. The van der Waals surface area contributed by atoms with Crippen LogP contribution in [0.25, 0.3) is 10.2 Å². The lowest BCUT2D eigenvalue weighted by atomic mass is 9.96. The first-order valence-corrected chi connectivity index (χ1v) is 17.3. The van der Waals surface area contributed by atoms with Crippen LogP contribution in [-0.4, -0.2) is 82.5 Å². The van der Waals surface area contributed by atoms with E-state index in [1.54, 1.807) is 28.5 Å². The van der Waals surface area contributed by atoms with Gasteiger partial charge in [-0.05, 0) is 49.5 Å². The van der Waals surface area contributed by atoms with Gasteiger partial charge in [0.25, 0.3) is 10.0 Å². The van der Waals surface area contributed by atoms with Crippen molar-refractivity contribution in [1.29, 1.82) is 0 Å². The van der Waals surface area contributed by atoms with Crippen LogP contribution in [0.4, 0.5) is 5.13 Å². The predicted molar refractivity (Wildman–Crippen MR) is 149 cm³/mol. The molecule has 1 amide bonds. The fourth-order valence-corrected chi connectivity index (χ4v) is 9.04. The molecule has 1 aromatic carbocycles. The molecular weight excluding hydrogens is 553 g/mol. The number of thiophene rings is 1. The van der Waals surface area contributed by atoms with Crippen LogP contribution >= 0.6 is 22.7 Å². The summed E-state index contributed by atoms with van der Waals surface area (Å²) in [5.41, 5.74) is 0.377. The first kappa shape index (κ1) is 28.1. The highest BCUT2D eigenvalue weighted by molar-refractivity contribution is 7.91. The number of nitrogens with zero attached hydrogens (tertiary/aromatic N) is 4. The van der Waals surface area contributed by atoms with E-state index in [2.05, 4.69) is 23.7 Å². The molecule has 0 radical (unpaired) electrons. The van der Waals surface area contributed by atoms with Crippen LogP contribution in [0.2, 0.25) is 0 Å². The Labute approximate surface area is 226 Å². The molecule has 9 nitrogen and oxygen atoms in total. The minimum Gasteiger partial charge on any atom is -0.302 e. The van der Waals surface area contributed by atoms with Gasteiger partial charge in [-0.15, -0.1) is 11.3 Å². The highest BCUT2D eigenvalue weighted by Gasteiger charge is 2.35. The number of piperidine rings is 1. The number of benzene rings is 1. The summed E-state index contributed by atoms with van der Waals surface area (Å²) in [5.74, 6) is -0.437. The number of aromatic nitrogens is 1. The van der Waals surface area contributed by atoms with Gasteiger partial charge in [-0.3, -0.25) is 9.69 Å². The summed E-state index contributed by atoms with van der Waals surface area (Å²) in [6, 6.07) is 8.35. The smallest absolute Gasteiger partial charge is 0.252 e. The van der Waals surface area contributed by atoms with Crippen molar-refractivity contribution < 1.29 is 21.6 Å². The molecule has 0 spiro atoms. The number of fused-ring (bicyclic) bond motifs is 1. The number of para-hydroxylation sites is 1. The summed E-state index contributed by atoms with van der Waals surface area (Å²) in [4.78, 5) is 22.5. The largest absolute Gasteiger partial charge is 0.302 e. The van der Waals surface area contributed by atoms with E-state index in [1.807, 2.05) is 6.07 Å². The summed E-state index contributed by atoms with van der Waals surface area (Å²) in [5, 5.41) is 2.21. The van der Waals surface area contributed by atoms with Gasteiger partial charge >= 0.3 is 0 Å². The fraction of sp³-hybridized carbons (Fsp3) is 0.500. The van der Waals surface area contributed by atoms with E-state index < -0.39 is 19.9 Å². The van der Waals surface area contributed by atoms with Gasteiger partial charge < -0.3 is 4.90 Å². The van der Waals surface area contributed by atoms with Gasteiger partial charge in [-0.2, -0.15) is 4.31 Å². The second-order valence-electron chi connectivity index (χ2n) is 9.00. The van der Waals surface area contributed by atoms with Crippen molar-refractivity contribution in [3.63, 3.8) is 0 Å². The van der Waals surface area contributed by atoms with E-state index in [-0.39, 0.29) is 29.8 Å². The molecule has 0 N–H and O–H groups in total. The monoisotopic (exact) mass is 584 g/mol.